The van der Waals surface area contributed by atoms with E-state index in [1.807, 2.05) is 72.8 Å². The van der Waals surface area contributed by atoms with Crippen molar-refractivity contribution >= 4 is 76.3 Å². The average molecular weight is 1150 g/mol. The molecular formula is C55H79N19O9. The van der Waals surface area contributed by atoms with Crippen molar-refractivity contribution in [2.75, 3.05) is 32.8 Å². The Morgan fingerprint density at radius 3 is 1.29 bits per heavy atom. The number of aromatic amines is 1. The van der Waals surface area contributed by atoms with Crippen molar-refractivity contribution in [1.29, 1.82) is 0 Å². The van der Waals surface area contributed by atoms with Crippen molar-refractivity contribution in [3.63, 3.8) is 0 Å². The van der Waals surface area contributed by atoms with Crippen molar-refractivity contribution in [3.05, 3.63) is 95.7 Å². The Kier molecular flexibility index (Phi) is 24.7. The predicted octanol–water partition coefficient (Wildman–Crippen LogP) is -1.00. The summed E-state index contributed by atoms with van der Waals surface area (Å²) in [5.74, 6) is -7.20. The standard InChI is InChI=1S/C55H79N19O9/c1-30(2)44(50(80)81)74-48(78)42(22-12-26-67-54(62)63)71-46(76)40(20-10-24-65-52(58)59)69-45(75)39(19-9-23-64-51(56)57)70-47(77)41(21-11-25-66-53(60)61)72-49(79)43(27-31-28-68-38-18-8-7-13-32(31)38)73-55(82)83-29-37-35-16-5-3-14-33(35)34-15-4-6-17-36(34)37/h3-8,13-18,28,30,37,39-44,68H,9-12,19-27,29H2,1-2H3,(H,69,75)(H,70,77)(H,71,76)(H,72,79)(H,73,82)(H,74,78)(H,80,81)(H4,56,57,64)(H4,58,59,65)(H4,60,61,66)(H4,62,63,67). The molecule has 6 amide bonds. The number of alkyl carbamates (subject to hydrolysis) is 1. The van der Waals surface area contributed by atoms with Gasteiger partial charge in [0.05, 0.1) is 0 Å². The van der Waals surface area contributed by atoms with Crippen LogP contribution in [0.1, 0.15) is 87.8 Å². The van der Waals surface area contributed by atoms with E-state index in [0.29, 0.717) is 5.56 Å². The molecule has 0 aliphatic heterocycles. The Balaban J connectivity index is 1.43. The second kappa shape index (κ2) is 32.0. The van der Waals surface area contributed by atoms with Crippen LogP contribution < -0.4 is 77.8 Å². The maximum Gasteiger partial charge on any atom is 0.407 e. The molecule has 1 heterocycles. The number of carbonyl (C=O) groups excluding carboxylic acids is 6. The number of nitrogens with one attached hydrogen (secondary N) is 7. The largest absolute Gasteiger partial charge is 0.480 e. The third-order valence-corrected chi connectivity index (χ3v) is 13.6. The zero-order valence-electron chi connectivity index (χ0n) is 46.6. The lowest BCUT2D eigenvalue weighted by Gasteiger charge is -2.28. The maximum absolute atomic E-state index is 14.7. The number of hydrogen-bond donors (Lipinski definition) is 16. The van der Waals surface area contributed by atoms with Gasteiger partial charge in [0.15, 0.2) is 23.8 Å². The summed E-state index contributed by atoms with van der Waals surface area (Å²) in [6.45, 7) is 3.28. The second-order valence-corrected chi connectivity index (χ2v) is 20.2. The van der Waals surface area contributed by atoms with E-state index in [1.54, 1.807) is 20.0 Å². The highest BCUT2D eigenvalue weighted by molar-refractivity contribution is 5.97. The molecule has 28 nitrogen and oxygen atoms in total. The Morgan fingerprint density at radius 2 is 0.892 bits per heavy atom. The van der Waals surface area contributed by atoms with E-state index in [0.717, 1.165) is 33.2 Å². The van der Waals surface area contributed by atoms with Gasteiger partial charge in [-0.05, 0) is 91.2 Å². The van der Waals surface area contributed by atoms with Gasteiger partial charge in [0, 0.05) is 55.6 Å². The number of rotatable bonds is 33. The van der Waals surface area contributed by atoms with Gasteiger partial charge in [0.25, 0.3) is 0 Å². The molecule has 0 bridgehead atoms. The van der Waals surface area contributed by atoms with Crippen LogP contribution in [0.5, 0.6) is 0 Å². The molecule has 1 aromatic heterocycles. The SMILES string of the molecule is CC(C)C(NC(=O)C(CCCN=C(N)N)NC(=O)C(CCCN=C(N)N)NC(=O)C(CCCN=C(N)N)NC(=O)C(CCCN=C(N)N)NC(=O)C(Cc1c[nH]c2ccccc12)NC(=O)OCC1c2ccccc2-c2ccccc21)C(=O)O. The van der Waals surface area contributed by atoms with Crippen LogP contribution in [0.25, 0.3) is 22.0 Å². The van der Waals surface area contributed by atoms with Crippen LogP contribution in [0, 0.1) is 5.92 Å². The van der Waals surface area contributed by atoms with E-state index in [4.69, 9.17) is 50.6 Å². The molecule has 0 saturated heterocycles. The average Bonchev–Trinajstić information content (AvgIpc) is 2.65. The van der Waals surface area contributed by atoms with Gasteiger partial charge in [-0.2, -0.15) is 0 Å². The number of benzene rings is 3. The number of ether oxygens (including phenoxy) is 1. The van der Waals surface area contributed by atoms with Crippen molar-refractivity contribution in [1.82, 2.24) is 36.9 Å². The summed E-state index contributed by atoms with van der Waals surface area (Å²) < 4.78 is 5.88. The molecule has 0 radical (unpaired) electrons. The van der Waals surface area contributed by atoms with E-state index < -0.39 is 83.8 Å². The summed E-state index contributed by atoms with van der Waals surface area (Å²) in [5.41, 5.74) is 50.0. The highest BCUT2D eigenvalue weighted by Gasteiger charge is 2.35. The van der Waals surface area contributed by atoms with Crippen molar-refractivity contribution < 1.29 is 43.4 Å². The van der Waals surface area contributed by atoms with Gasteiger partial charge in [-0.25, -0.2) is 9.59 Å². The lowest BCUT2D eigenvalue weighted by Crippen LogP contribution is -2.59. The number of hydrogen-bond acceptors (Lipinski definition) is 12. The Labute approximate surface area is 480 Å². The minimum Gasteiger partial charge on any atom is -0.480 e. The van der Waals surface area contributed by atoms with Crippen molar-refractivity contribution in [2.45, 2.75) is 114 Å². The van der Waals surface area contributed by atoms with Crippen LogP contribution >= 0.6 is 0 Å². The number of amides is 6. The van der Waals surface area contributed by atoms with E-state index in [-0.39, 0.29) is 120 Å². The summed E-state index contributed by atoms with van der Waals surface area (Å²) in [6.07, 6.45) is 0.973. The summed E-state index contributed by atoms with van der Waals surface area (Å²) in [5, 5.41) is 26.7. The molecule has 3 aromatic carbocycles. The van der Waals surface area contributed by atoms with Crippen LogP contribution in [-0.4, -0.2) is 145 Å². The normalized spacial score (nSPS) is 13.7. The maximum atomic E-state index is 14.7. The number of guanidine groups is 4. The van der Waals surface area contributed by atoms with Crippen LogP contribution in [0.4, 0.5) is 4.79 Å². The fourth-order valence-electron chi connectivity index (χ4n) is 9.46. The third-order valence-electron chi connectivity index (χ3n) is 13.6. The minimum absolute atomic E-state index is 0.0184. The van der Waals surface area contributed by atoms with Gasteiger partial charge in [0.2, 0.25) is 29.5 Å². The molecule has 0 saturated carbocycles. The first-order valence-corrected chi connectivity index (χ1v) is 27.3. The quantitative estimate of drug-likeness (QED) is 0.0154. The number of aliphatic carboxylic acids is 1. The number of nitrogens with two attached hydrogens (primary N) is 8. The number of carbonyl (C=O) groups is 7. The van der Waals surface area contributed by atoms with Gasteiger partial charge in [-0.1, -0.05) is 80.6 Å². The first-order valence-electron chi connectivity index (χ1n) is 27.3. The van der Waals surface area contributed by atoms with Crippen LogP contribution in [0.3, 0.4) is 0 Å². The number of H-pyrrole nitrogens is 1. The topological polar surface area (TPSA) is 495 Å². The smallest absolute Gasteiger partial charge is 0.407 e. The Hall–Kier alpha value is -9.63. The molecule has 28 heteroatoms. The summed E-state index contributed by atoms with van der Waals surface area (Å²) in [7, 11) is 0. The van der Waals surface area contributed by atoms with Crippen LogP contribution in [0.15, 0.2) is 99.0 Å². The summed E-state index contributed by atoms with van der Waals surface area (Å²) >= 11 is 0. The second-order valence-electron chi connectivity index (χ2n) is 20.2. The number of carboxylic acid groups (broad SMARTS) is 1. The number of nitrogens with zero attached hydrogens (tertiary/aromatic N) is 4. The van der Waals surface area contributed by atoms with Gasteiger partial charge in [-0.15, -0.1) is 0 Å². The van der Waals surface area contributed by atoms with Gasteiger partial charge in [0.1, 0.15) is 42.9 Å². The number of fused-ring (bicyclic) bond motifs is 4. The number of aromatic nitrogens is 1. The first-order chi connectivity index (χ1) is 39.6. The lowest BCUT2D eigenvalue weighted by atomic mass is 9.98. The van der Waals surface area contributed by atoms with E-state index >= 15 is 0 Å². The lowest BCUT2D eigenvalue weighted by molar-refractivity contribution is -0.143. The molecular weight excluding hydrogens is 1070 g/mol. The predicted molar refractivity (Wildman–Crippen MR) is 316 cm³/mol. The molecule has 0 spiro atoms. The molecule has 4 aromatic rings. The molecule has 6 atom stereocenters. The number of para-hydroxylation sites is 1. The fraction of sp³-hybridized carbons (Fsp3) is 0.436. The van der Waals surface area contributed by atoms with Gasteiger partial charge < -0.3 is 92.6 Å². The van der Waals surface area contributed by atoms with Crippen molar-refractivity contribution in [2.24, 2.45) is 71.8 Å². The molecule has 24 N–H and O–H groups in total. The van der Waals surface area contributed by atoms with Crippen LogP contribution in [-0.2, 0) is 39.9 Å². The third kappa shape index (κ3) is 20.1. The van der Waals surface area contributed by atoms with E-state index in [1.165, 1.54) is 0 Å². The van der Waals surface area contributed by atoms with Crippen molar-refractivity contribution in [3.8, 4) is 11.1 Å². The molecule has 5 rings (SSSR count). The van der Waals surface area contributed by atoms with Crippen LogP contribution in [0.2, 0.25) is 0 Å². The molecule has 1 aliphatic rings. The fourth-order valence-corrected chi connectivity index (χ4v) is 9.46. The minimum atomic E-state index is -1.43. The zero-order valence-corrected chi connectivity index (χ0v) is 46.6. The highest BCUT2D eigenvalue weighted by atomic mass is 16.5. The highest BCUT2D eigenvalue weighted by Crippen LogP contribution is 2.44. The molecule has 6 unspecified atom stereocenters. The van der Waals surface area contributed by atoms with E-state index in [9.17, 15) is 38.7 Å². The Morgan fingerprint density at radius 1 is 0.518 bits per heavy atom. The summed E-state index contributed by atoms with van der Waals surface area (Å²) in [6, 6.07) is 14.8. The molecule has 448 valence electrons. The van der Waals surface area contributed by atoms with Gasteiger partial charge >= 0.3 is 12.1 Å². The Bertz CT molecular complexity index is 2950. The number of carboxylic acids is 1. The molecule has 0 fully saturated rings. The van der Waals surface area contributed by atoms with Gasteiger partial charge in [-0.3, -0.25) is 43.9 Å². The monoisotopic (exact) mass is 1150 g/mol. The molecule has 83 heavy (non-hydrogen) atoms. The van der Waals surface area contributed by atoms with E-state index in [2.05, 4.69) is 56.9 Å². The summed E-state index contributed by atoms with van der Waals surface area (Å²) in [4.78, 5) is 117. The number of aliphatic imine (C=N–C) groups is 4. The molecule has 1 aliphatic carbocycles. The zero-order chi connectivity index (χ0) is 60.6. The first kappa shape index (κ1) is 64.2.